The molecule has 0 amide bonds. The summed E-state index contributed by atoms with van der Waals surface area (Å²) in [6.07, 6.45) is 4.30. The fourth-order valence-electron chi connectivity index (χ4n) is 3.53. The van der Waals surface area contributed by atoms with Crippen molar-refractivity contribution in [3.63, 3.8) is 0 Å². The number of rotatable bonds is 5. The van der Waals surface area contributed by atoms with Crippen molar-refractivity contribution in [2.75, 3.05) is 0 Å². The third kappa shape index (κ3) is 3.05. The van der Waals surface area contributed by atoms with Crippen molar-refractivity contribution in [1.29, 1.82) is 0 Å². The van der Waals surface area contributed by atoms with E-state index in [2.05, 4.69) is 108 Å². The van der Waals surface area contributed by atoms with E-state index in [1.54, 1.807) is 0 Å². The number of allylic oxidation sites excluding steroid dienone is 2. The molecule has 0 fully saturated rings. The van der Waals surface area contributed by atoms with Crippen LogP contribution in [0.1, 0.15) is 16.7 Å². The van der Waals surface area contributed by atoms with Gasteiger partial charge in [0.05, 0.1) is 5.16 Å². The first-order valence-corrected chi connectivity index (χ1v) is 12.1. The van der Waals surface area contributed by atoms with Crippen molar-refractivity contribution in [2.45, 2.75) is 10.1 Å². The molecule has 0 bridgehead atoms. The SMILES string of the molecule is ClPC(c1ccccc1)(c1ccccc1)c1ccccc1[SH]1C=CC=C1. The molecule has 26 heavy (non-hydrogen) atoms. The molecule has 0 aromatic heterocycles. The molecule has 0 aliphatic carbocycles. The lowest BCUT2D eigenvalue weighted by Crippen LogP contribution is -2.24. The summed E-state index contributed by atoms with van der Waals surface area (Å²) in [5, 5.41) is 4.28. The van der Waals surface area contributed by atoms with Gasteiger partial charge in [0, 0.05) is 0 Å². The highest BCUT2D eigenvalue weighted by Crippen LogP contribution is 2.58. The molecule has 0 N–H and O–H groups in total. The maximum atomic E-state index is 6.81. The minimum atomic E-state index is -0.427. The standard InChI is InChI=1S/C23H20ClPS/c24-25-23(19-11-3-1-4-12-19,20-13-5-2-6-14-20)21-15-7-8-16-22(21)26-17-9-10-18-26/h1-18,25-26H. The van der Waals surface area contributed by atoms with Crippen molar-refractivity contribution >= 4 is 30.1 Å². The van der Waals surface area contributed by atoms with Gasteiger partial charge in [0.15, 0.2) is 0 Å². The third-order valence-corrected chi connectivity index (χ3v) is 8.66. The van der Waals surface area contributed by atoms with E-state index in [1.807, 2.05) is 0 Å². The summed E-state index contributed by atoms with van der Waals surface area (Å²) < 4.78 is 0. The number of thiol groups is 1. The molecule has 1 unspecified atom stereocenters. The highest BCUT2D eigenvalue weighted by atomic mass is 35.7. The monoisotopic (exact) mass is 394 g/mol. The topological polar surface area (TPSA) is 0 Å². The Balaban J connectivity index is 2.02. The van der Waals surface area contributed by atoms with E-state index in [-0.39, 0.29) is 13.1 Å². The first-order chi connectivity index (χ1) is 12.9. The van der Waals surface area contributed by atoms with Crippen LogP contribution in [0, 0.1) is 0 Å². The van der Waals surface area contributed by atoms with Crippen molar-refractivity contribution in [3.8, 4) is 0 Å². The van der Waals surface area contributed by atoms with Crippen molar-refractivity contribution in [3.05, 3.63) is 125 Å². The quantitative estimate of drug-likeness (QED) is 0.264. The Bertz CT molecular complexity index is 883. The average molecular weight is 395 g/mol. The molecule has 0 saturated heterocycles. The van der Waals surface area contributed by atoms with Gasteiger partial charge in [-0.1, -0.05) is 102 Å². The van der Waals surface area contributed by atoms with Gasteiger partial charge in [-0.05, 0) is 46.4 Å². The van der Waals surface area contributed by atoms with E-state index in [0.29, 0.717) is 0 Å². The summed E-state index contributed by atoms with van der Waals surface area (Å²) in [4.78, 5) is 1.38. The minimum Gasteiger partial charge on any atom is -0.186 e. The van der Waals surface area contributed by atoms with E-state index in [4.69, 9.17) is 11.2 Å². The highest BCUT2D eigenvalue weighted by Gasteiger charge is 2.38. The van der Waals surface area contributed by atoms with Gasteiger partial charge in [0.1, 0.15) is 0 Å². The largest absolute Gasteiger partial charge is 0.186 e. The van der Waals surface area contributed by atoms with E-state index < -0.39 is 10.9 Å². The van der Waals surface area contributed by atoms with Crippen molar-refractivity contribution in [2.24, 2.45) is 0 Å². The maximum absolute atomic E-state index is 6.81. The summed E-state index contributed by atoms with van der Waals surface area (Å²) in [6, 6.07) is 30.1. The second-order valence-corrected chi connectivity index (χ2v) is 9.58. The molecule has 3 aromatic carbocycles. The van der Waals surface area contributed by atoms with Crippen LogP contribution in [0.15, 0.2) is 113 Å². The maximum Gasteiger partial charge on any atom is 0.0773 e. The van der Waals surface area contributed by atoms with Gasteiger partial charge in [-0.15, -0.1) is 0 Å². The van der Waals surface area contributed by atoms with Gasteiger partial charge in [-0.2, -0.15) is 10.9 Å². The summed E-state index contributed by atoms with van der Waals surface area (Å²) in [7, 11) is -0.229. The predicted octanol–water partition coefficient (Wildman–Crippen LogP) is 7.21. The minimum absolute atomic E-state index is 0.198. The molecule has 3 aromatic rings. The van der Waals surface area contributed by atoms with Crippen LogP contribution in [0.5, 0.6) is 0 Å². The molecular formula is C23H20ClPS. The number of benzene rings is 3. The van der Waals surface area contributed by atoms with Crippen LogP contribution in [0.3, 0.4) is 0 Å². The Kier molecular flexibility index (Phi) is 5.31. The molecule has 0 saturated carbocycles. The summed E-state index contributed by atoms with van der Waals surface area (Å²) >= 11 is 6.81. The summed E-state index contributed by atoms with van der Waals surface area (Å²) in [5.41, 5.74) is 3.80. The molecule has 0 spiro atoms. The molecule has 1 aliphatic rings. The second kappa shape index (κ2) is 7.84. The molecular weight excluding hydrogens is 375 g/mol. The molecule has 0 radical (unpaired) electrons. The Hall–Kier alpha value is -1.79. The number of hydrogen-bond donors (Lipinski definition) is 1. The first-order valence-electron chi connectivity index (χ1n) is 8.58. The van der Waals surface area contributed by atoms with Gasteiger partial charge in [0.25, 0.3) is 0 Å². The zero-order valence-corrected chi connectivity index (χ0v) is 16.9. The Morgan fingerprint density at radius 2 is 1.15 bits per heavy atom. The van der Waals surface area contributed by atoms with Crippen LogP contribution < -0.4 is 0 Å². The number of halogens is 1. The van der Waals surface area contributed by atoms with Gasteiger partial charge >= 0.3 is 0 Å². The molecule has 4 rings (SSSR count). The van der Waals surface area contributed by atoms with E-state index >= 15 is 0 Å². The third-order valence-electron chi connectivity index (χ3n) is 4.75. The Morgan fingerprint density at radius 1 is 0.654 bits per heavy atom. The van der Waals surface area contributed by atoms with E-state index in [0.717, 1.165) is 0 Å². The highest BCUT2D eigenvalue weighted by molar-refractivity contribution is 8.22. The lowest BCUT2D eigenvalue weighted by Gasteiger charge is -2.36. The van der Waals surface area contributed by atoms with Crippen molar-refractivity contribution in [1.82, 2.24) is 0 Å². The summed E-state index contributed by atoms with van der Waals surface area (Å²) in [6.45, 7) is 0. The summed E-state index contributed by atoms with van der Waals surface area (Å²) in [5.74, 6) is 0. The normalized spacial score (nSPS) is 15.2. The van der Waals surface area contributed by atoms with Crippen molar-refractivity contribution < 1.29 is 0 Å². The van der Waals surface area contributed by atoms with Crippen LogP contribution in [-0.2, 0) is 5.16 Å². The molecule has 1 aliphatic heterocycles. The molecule has 3 heteroatoms. The van der Waals surface area contributed by atoms with Crippen LogP contribution in [0.4, 0.5) is 0 Å². The average Bonchev–Trinajstić information content (AvgIpc) is 3.26. The molecule has 1 heterocycles. The van der Waals surface area contributed by atoms with E-state index in [9.17, 15) is 0 Å². The van der Waals surface area contributed by atoms with Gasteiger partial charge in [0.2, 0.25) is 0 Å². The number of hydrogen-bond acceptors (Lipinski definition) is 0. The van der Waals surface area contributed by atoms with Crippen LogP contribution in [0.2, 0.25) is 0 Å². The lowest BCUT2D eigenvalue weighted by atomic mass is 9.84. The zero-order chi connectivity index (χ0) is 17.8. The molecule has 1 atom stereocenters. The smallest absolute Gasteiger partial charge is 0.0773 e. The molecule has 130 valence electrons. The van der Waals surface area contributed by atoms with Gasteiger partial charge in [-0.3, -0.25) is 0 Å². The Morgan fingerprint density at radius 3 is 1.69 bits per heavy atom. The van der Waals surface area contributed by atoms with Crippen LogP contribution >= 0.6 is 30.1 Å². The lowest BCUT2D eigenvalue weighted by molar-refractivity contribution is 0.867. The zero-order valence-electron chi connectivity index (χ0n) is 14.2. The van der Waals surface area contributed by atoms with E-state index in [1.165, 1.54) is 21.6 Å². The van der Waals surface area contributed by atoms with Gasteiger partial charge < -0.3 is 0 Å². The van der Waals surface area contributed by atoms with Gasteiger partial charge in [-0.25, -0.2) is 0 Å². The molecule has 0 nitrogen and oxygen atoms in total. The predicted molar refractivity (Wildman–Crippen MR) is 119 cm³/mol. The fraction of sp³-hybridized carbons (Fsp3) is 0.0435. The van der Waals surface area contributed by atoms with Crippen LogP contribution in [-0.4, -0.2) is 0 Å². The second-order valence-electron chi connectivity index (χ2n) is 6.18. The van der Waals surface area contributed by atoms with Crippen LogP contribution in [0.25, 0.3) is 0 Å². The first kappa shape index (κ1) is 17.6. The Labute approximate surface area is 164 Å². The fourth-order valence-corrected chi connectivity index (χ4v) is 7.23.